The summed E-state index contributed by atoms with van der Waals surface area (Å²) in [5, 5.41) is 14.6. The minimum absolute atomic E-state index is 0.0383. The molecular formula is C5H2Cl2N6S. The number of hydrogen-bond donors (Lipinski definition) is 1. The summed E-state index contributed by atoms with van der Waals surface area (Å²) in [5.74, 6) is 0. The largest absolute Gasteiger partial charge is 0.254 e. The first-order valence-corrected chi connectivity index (χ1v) is 4.92. The fraction of sp³-hybridized carbons (Fsp3) is 0. The third-order valence-corrected chi connectivity index (χ3v) is 2.57. The number of H-pyrrole nitrogens is 1. The van der Waals surface area contributed by atoms with E-state index in [0.29, 0.717) is 10.2 Å². The Morgan fingerprint density at radius 2 is 2.14 bits per heavy atom. The maximum Gasteiger partial charge on any atom is 0.244 e. The quantitative estimate of drug-likeness (QED) is 0.867. The molecule has 0 saturated heterocycles. The predicted octanol–water partition coefficient (Wildman–Crippen LogP) is 1.45. The monoisotopic (exact) mass is 248 g/mol. The molecule has 2 heterocycles. The second-order valence-corrected chi connectivity index (χ2v) is 3.74. The topological polar surface area (TPSA) is 80.2 Å². The molecule has 0 atom stereocenters. The average molecular weight is 249 g/mol. The highest BCUT2D eigenvalue weighted by atomic mass is 35.5. The molecule has 2 aromatic rings. The van der Waals surface area contributed by atoms with Crippen LogP contribution in [0, 0.1) is 0 Å². The number of aromatic amines is 1. The maximum atomic E-state index is 5.74. The van der Waals surface area contributed by atoms with E-state index >= 15 is 0 Å². The highest BCUT2D eigenvalue weighted by Gasteiger charge is 2.09. The fourth-order valence-electron chi connectivity index (χ4n) is 0.680. The van der Waals surface area contributed by atoms with Gasteiger partial charge in [-0.05, 0) is 23.4 Å². The Morgan fingerprint density at radius 1 is 1.29 bits per heavy atom. The second kappa shape index (κ2) is 4.07. The molecule has 0 aromatic carbocycles. The Morgan fingerprint density at radius 3 is 2.86 bits per heavy atom. The lowest BCUT2D eigenvalue weighted by Crippen LogP contribution is -1.91. The van der Waals surface area contributed by atoms with Crippen LogP contribution in [0.4, 0.5) is 0 Å². The van der Waals surface area contributed by atoms with Crippen molar-refractivity contribution in [1.82, 2.24) is 30.4 Å². The molecule has 2 rings (SSSR count). The highest BCUT2D eigenvalue weighted by molar-refractivity contribution is 7.99. The average Bonchev–Trinajstić information content (AvgIpc) is 2.64. The van der Waals surface area contributed by atoms with Gasteiger partial charge < -0.3 is 0 Å². The van der Waals surface area contributed by atoms with Gasteiger partial charge in [0, 0.05) is 0 Å². The van der Waals surface area contributed by atoms with Crippen molar-refractivity contribution in [3.05, 3.63) is 16.8 Å². The Kier molecular flexibility index (Phi) is 2.80. The Labute approximate surface area is 92.5 Å². The third kappa shape index (κ3) is 2.11. The summed E-state index contributed by atoms with van der Waals surface area (Å²) in [6.07, 6.45) is 1.38. The molecule has 0 aliphatic carbocycles. The van der Waals surface area contributed by atoms with Crippen LogP contribution in [-0.2, 0) is 0 Å². The molecule has 0 bridgehead atoms. The van der Waals surface area contributed by atoms with Crippen molar-refractivity contribution in [1.29, 1.82) is 0 Å². The molecule has 0 unspecified atom stereocenters. The number of nitrogens with zero attached hydrogens (tertiary/aromatic N) is 5. The van der Waals surface area contributed by atoms with Gasteiger partial charge in [0.1, 0.15) is 11.4 Å². The zero-order valence-electron chi connectivity index (χ0n) is 6.48. The number of hydrogen-bond acceptors (Lipinski definition) is 6. The second-order valence-electron chi connectivity index (χ2n) is 2.07. The first kappa shape index (κ1) is 9.63. The molecule has 72 valence electrons. The van der Waals surface area contributed by atoms with Gasteiger partial charge in [-0.2, -0.15) is 5.10 Å². The molecule has 0 saturated carbocycles. The summed E-state index contributed by atoms with van der Waals surface area (Å²) in [4.78, 5) is 7.77. The summed E-state index contributed by atoms with van der Waals surface area (Å²) in [6.45, 7) is 0. The van der Waals surface area contributed by atoms with Crippen molar-refractivity contribution < 1.29 is 0 Å². The molecular weight excluding hydrogens is 247 g/mol. The Bertz CT molecular complexity index is 432. The molecule has 0 amide bonds. The first-order chi connectivity index (χ1) is 6.75. The van der Waals surface area contributed by atoms with Crippen molar-refractivity contribution >= 4 is 35.0 Å². The van der Waals surface area contributed by atoms with Crippen LogP contribution in [-0.4, -0.2) is 30.4 Å². The van der Waals surface area contributed by atoms with E-state index in [1.807, 2.05) is 0 Å². The minimum Gasteiger partial charge on any atom is -0.254 e. The zero-order valence-corrected chi connectivity index (χ0v) is 8.81. The summed E-state index contributed by atoms with van der Waals surface area (Å²) in [6, 6.07) is 0. The van der Waals surface area contributed by atoms with Gasteiger partial charge in [0.05, 0.1) is 0 Å². The standard InChI is InChI=1S/C5H2Cl2N6S/c6-2-3(10-4(7)12-11-2)14-5-8-1-9-13-5/h1H,(H,8,9,13). The van der Waals surface area contributed by atoms with Crippen molar-refractivity contribution in [3.8, 4) is 0 Å². The summed E-state index contributed by atoms with van der Waals surface area (Å²) < 4.78 is 0. The summed E-state index contributed by atoms with van der Waals surface area (Å²) in [7, 11) is 0. The van der Waals surface area contributed by atoms with E-state index in [2.05, 4.69) is 30.4 Å². The van der Waals surface area contributed by atoms with Gasteiger partial charge in [-0.15, -0.1) is 10.2 Å². The van der Waals surface area contributed by atoms with E-state index in [9.17, 15) is 0 Å². The molecule has 0 radical (unpaired) electrons. The fourth-order valence-corrected chi connectivity index (χ4v) is 1.69. The molecule has 0 spiro atoms. The van der Waals surface area contributed by atoms with Crippen molar-refractivity contribution in [3.63, 3.8) is 0 Å². The molecule has 9 heteroatoms. The molecule has 6 nitrogen and oxygen atoms in total. The smallest absolute Gasteiger partial charge is 0.244 e. The zero-order chi connectivity index (χ0) is 9.97. The summed E-state index contributed by atoms with van der Waals surface area (Å²) in [5.41, 5.74) is 0. The lowest BCUT2D eigenvalue weighted by atomic mass is 10.9. The Hall–Kier alpha value is -0.920. The van der Waals surface area contributed by atoms with Gasteiger partial charge in [-0.1, -0.05) is 11.6 Å². The third-order valence-electron chi connectivity index (χ3n) is 1.18. The Balaban J connectivity index is 2.28. The van der Waals surface area contributed by atoms with Crippen LogP contribution in [0.3, 0.4) is 0 Å². The SMILES string of the molecule is Clc1nnc(Cl)c(Sc2ncn[nH]2)n1. The van der Waals surface area contributed by atoms with Crippen LogP contribution in [0.5, 0.6) is 0 Å². The van der Waals surface area contributed by atoms with E-state index in [1.165, 1.54) is 18.1 Å². The molecule has 14 heavy (non-hydrogen) atoms. The number of nitrogens with one attached hydrogen (secondary N) is 1. The van der Waals surface area contributed by atoms with E-state index < -0.39 is 0 Å². The van der Waals surface area contributed by atoms with Gasteiger partial charge in [-0.3, -0.25) is 5.10 Å². The number of rotatable bonds is 2. The van der Waals surface area contributed by atoms with E-state index in [-0.39, 0.29) is 10.4 Å². The van der Waals surface area contributed by atoms with Crippen LogP contribution >= 0.6 is 35.0 Å². The van der Waals surface area contributed by atoms with Crippen molar-refractivity contribution in [2.75, 3.05) is 0 Å². The van der Waals surface area contributed by atoms with Crippen LogP contribution in [0.15, 0.2) is 16.5 Å². The van der Waals surface area contributed by atoms with Gasteiger partial charge >= 0.3 is 0 Å². The van der Waals surface area contributed by atoms with E-state index in [4.69, 9.17) is 23.2 Å². The van der Waals surface area contributed by atoms with Crippen LogP contribution in [0.1, 0.15) is 0 Å². The maximum absolute atomic E-state index is 5.74. The van der Waals surface area contributed by atoms with Crippen molar-refractivity contribution in [2.24, 2.45) is 0 Å². The van der Waals surface area contributed by atoms with Gasteiger partial charge in [0.2, 0.25) is 5.28 Å². The first-order valence-electron chi connectivity index (χ1n) is 3.34. The van der Waals surface area contributed by atoms with Gasteiger partial charge in [0.25, 0.3) is 0 Å². The molecule has 0 aliphatic heterocycles. The predicted molar refractivity (Wildman–Crippen MR) is 50.4 cm³/mol. The highest BCUT2D eigenvalue weighted by Crippen LogP contribution is 2.27. The van der Waals surface area contributed by atoms with E-state index in [1.54, 1.807) is 0 Å². The van der Waals surface area contributed by atoms with Crippen LogP contribution in [0.2, 0.25) is 10.4 Å². The lowest BCUT2D eigenvalue weighted by molar-refractivity contribution is 0.897. The van der Waals surface area contributed by atoms with Gasteiger partial charge in [0.15, 0.2) is 10.3 Å². The lowest BCUT2D eigenvalue weighted by Gasteiger charge is -1.97. The van der Waals surface area contributed by atoms with Crippen LogP contribution in [0.25, 0.3) is 0 Å². The number of aromatic nitrogens is 6. The normalized spacial score (nSPS) is 10.4. The van der Waals surface area contributed by atoms with Gasteiger partial charge in [-0.25, -0.2) is 9.97 Å². The van der Waals surface area contributed by atoms with Crippen LogP contribution < -0.4 is 0 Å². The summed E-state index contributed by atoms with van der Waals surface area (Å²) >= 11 is 12.5. The minimum atomic E-state index is 0.0383. The molecule has 0 aliphatic rings. The molecule has 1 N–H and O–H groups in total. The molecule has 0 fully saturated rings. The van der Waals surface area contributed by atoms with Crippen molar-refractivity contribution in [2.45, 2.75) is 10.2 Å². The molecule has 2 aromatic heterocycles. The van der Waals surface area contributed by atoms with E-state index in [0.717, 1.165) is 0 Å². The number of halogens is 2.